The van der Waals surface area contributed by atoms with Crippen molar-refractivity contribution in [3.8, 4) is 17.2 Å². The van der Waals surface area contributed by atoms with Crippen molar-refractivity contribution in [1.29, 1.82) is 0 Å². The van der Waals surface area contributed by atoms with Crippen LogP contribution in [0, 0.1) is 0 Å². The molecule has 0 aliphatic carbocycles. The van der Waals surface area contributed by atoms with Crippen molar-refractivity contribution in [2.24, 2.45) is 5.16 Å². The number of hydrogen-bond donors (Lipinski definition) is 2. The molecular weight excluding hydrogens is 462 g/mol. The Morgan fingerprint density at radius 2 is 1.74 bits per heavy atom. The van der Waals surface area contributed by atoms with Crippen molar-refractivity contribution in [3.63, 3.8) is 0 Å². The summed E-state index contributed by atoms with van der Waals surface area (Å²) in [6, 6.07) is 8.38. The topological polar surface area (TPSA) is 115 Å². The van der Waals surface area contributed by atoms with E-state index in [9.17, 15) is 14.7 Å². The first kappa shape index (κ1) is 27.0. The minimum Gasteiger partial charge on any atom is -0.507 e. The zero-order chi connectivity index (χ0) is 25.1. The van der Waals surface area contributed by atoms with Gasteiger partial charge in [0, 0.05) is 24.5 Å². The van der Waals surface area contributed by atoms with Gasteiger partial charge in [0.05, 0.1) is 30.4 Å². The van der Waals surface area contributed by atoms with E-state index in [0.29, 0.717) is 71.4 Å². The SMILES string of the molecule is CCCc1c(OCCCOc2ccc(CC(=O)O)cc2Cl)ccc(C(CC)=NOC(C)=O)c1O. The molecule has 0 spiro atoms. The molecule has 184 valence electrons. The molecule has 2 aromatic carbocycles. The van der Waals surface area contributed by atoms with Crippen LogP contribution in [0.15, 0.2) is 35.5 Å². The molecule has 9 heteroatoms. The van der Waals surface area contributed by atoms with Crippen LogP contribution in [0.3, 0.4) is 0 Å². The number of aliphatic carboxylic acids is 1. The number of oxime groups is 1. The molecule has 0 amide bonds. The van der Waals surface area contributed by atoms with Gasteiger partial charge in [-0.3, -0.25) is 4.79 Å². The van der Waals surface area contributed by atoms with Gasteiger partial charge in [-0.2, -0.15) is 0 Å². The molecule has 0 aliphatic heterocycles. The standard InChI is InChI=1S/C25H30ClNO7/c1-4-7-19-22(11-9-18(25(19)31)21(5-2)27-34-16(3)28)32-12-6-13-33-23-10-8-17(14-20(23)26)15-24(29)30/h8-11,14,31H,4-7,12-13,15H2,1-3H3,(H,29,30). The van der Waals surface area contributed by atoms with Crippen molar-refractivity contribution in [2.75, 3.05) is 13.2 Å². The molecule has 0 saturated carbocycles. The summed E-state index contributed by atoms with van der Waals surface area (Å²) >= 11 is 6.17. The molecule has 0 heterocycles. The molecule has 0 aliphatic rings. The first-order valence-corrected chi connectivity index (χ1v) is 11.5. The molecule has 0 bridgehead atoms. The number of carboxylic acids is 1. The van der Waals surface area contributed by atoms with Gasteiger partial charge in [0.15, 0.2) is 0 Å². The number of nitrogens with zero attached hydrogens (tertiary/aromatic N) is 1. The molecule has 0 saturated heterocycles. The number of aromatic hydroxyl groups is 1. The molecule has 34 heavy (non-hydrogen) atoms. The highest BCUT2D eigenvalue weighted by molar-refractivity contribution is 6.32. The van der Waals surface area contributed by atoms with Crippen LogP contribution in [0.25, 0.3) is 0 Å². The summed E-state index contributed by atoms with van der Waals surface area (Å²) in [6.07, 6.45) is 2.35. The number of rotatable bonds is 13. The molecule has 0 radical (unpaired) electrons. The number of carbonyl (C=O) groups is 2. The van der Waals surface area contributed by atoms with E-state index >= 15 is 0 Å². The van der Waals surface area contributed by atoms with Gasteiger partial charge in [-0.15, -0.1) is 0 Å². The van der Waals surface area contributed by atoms with Crippen LogP contribution in [0.4, 0.5) is 0 Å². The number of halogens is 1. The van der Waals surface area contributed by atoms with E-state index in [-0.39, 0.29) is 12.2 Å². The average molecular weight is 492 g/mol. The van der Waals surface area contributed by atoms with Crippen molar-refractivity contribution in [3.05, 3.63) is 52.0 Å². The smallest absolute Gasteiger partial charge is 0.331 e. The lowest BCUT2D eigenvalue weighted by atomic mass is 9.99. The Morgan fingerprint density at radius 1 is 1.06 bits per heavy atom. The van der Waals surface area contributed by atoms with E-state index in [4.69, 9.17) is 31.0 Å². The number of ether oxygens (including phenoxy) is 2. The van der Waals surface area contributed by atoms with E-state index < -0.39 is 11.9 Å². The quantitative estimate of drug-likeness (QED) is 0.172. The van der Waals surface area contributed by atoms with Crippen LogP contribution >= 0.6 is 11.6 Å². The third kappa shape index (κ3) is 7.95. The van der Waals surface area contributed by atoms with Crippen LogP contribution in [0.5, 0.6) is 17.2 Å². The first-order chi connectivity index (χ1) is 16.3. The lowest BCUT2D eigenvalue weighted by Gasteiger charge is -2.16. The van der Waals surface area contributed by atoms with Gasteiger partial charge in [-0.25, -0.2) is 4.79 Å². The minimum absolute atomic E-state index is 0.0663. The maximum Gasteiger partial charge on any atom is 0.331 e. The number of phenolic OH excluding ortho intramolecular Hbond substituents is 1. The van der Waals surface area contributed by atoms with Gasteiger partial charge in [-0.1, -0.05) is 43.1 Å². The number of phenols is 1. The summed E-state index contributed by atoms with van der Waals surface area (Å²) < 4.78 is 11.6. The van der Waals surface area contributed by atoms with E-state index in [1.54, 1.807) is 30.3 Å². The Labute approximate surface area is 204 Å². The fraction of sp³-hybridized carbons (Fsp3) is 0.400. The molecule has 8 nitrogen and oxygen atoms in total. The third-order valence-electron chi connectivity index (χ3n) is 4.83. The van der Waals surface area contributed by atoms with E-state index in [1.807, 2.05) is 13.8 Å². The molecule has 0 aromatic heterocycles. The van der Waals surface area contributed by atoms with Crippen LogP contribution in [-0.2, 0) is 27.3 Å². The summed E-state index contributed by atoms with van der Waals surface area (Å²) in [5.41, 5.74) is 2.24. The lowest BCUT2D eigenvalue weighted by Crippen LogP contribution is -2.08. The van der Waals surface area contributed by atoms with Crippen LogP contribution in [0.1, 0.15) is 56.7 Å². The summed E-state index contributed by atoms with van der Waals surface area (Å²) in [5, 5.41) is 23.9. The predicted octanol–water partition coefficient (Wildman–Crippen LogP) is 5.15. The second kappa shape index (κ2) is 13.4. The molecule has 0 fully saturated rings. The van der Waals surface area contributed by atoms with Gasteiger partial charge >= 0.3 is 11.9 Å². The third-order valence-corrected chi connectivity index (χ3v) is 5.12. The molecular formula is C25H30ClNO7. The fourth-order valence-electron chi connectivity index (χ4n) is 3.27. The molecule has 2 rings (SSSR count). The molecule has 2 N–H and O–H groups in total. The highest BCUT2D eigenvalue weighted by Gasteiger charge is 2.17. The lowest BCUT2D eigenvalue weighted by molar-refractivity contribution is -0.141. The highest BCUT2D eigenvalue weighted by atomic mass is 35.5. The van der Waals surface area contributed by atoms with E-state index in [2.05, 4.69) is 5.16 Å². The van der Waals surface area contributed by atoms with Crippen molar-refractivity contribution >= 4 is 29.3 Å². The van der Waals surface area contributed by atoms with Gasteiger partial charge in [0.25, 0.3) is 0 Å². The number of benzene rings is 2. The minimum atomic E-state index is -0.925. The fourth-order valence-corrected chi connectivity index (χ4v) is 3.53. The Morgan fingerprint density at radius 3 is 2.32 bits per heavy atom. The summed E-state index contributed by atoms with van der Waals surface area (Å²) in [4.78, 5) is 26.6. The number of carboxylic acid groups (broad SMARTS) is 1. The molecule has 2 aromatic rings. The summed E-state index contributed by atoms with van der Waals surface area (Å²) in [5.74, 6) is -0.341. The molecule has 0 unspecified atom stereocenters. The zero-order valence-electron chi connectivity index (χ0n) is 19.6. The number of hydrogen-bond acceptors (Lipinski definition) is 7. The maximum absolute atomic E-state index is 11.1. The largest absolute Gasteiger partial charge is 0.507 e. The van der Waals surface area contributed by atoms with Crippen LogP contribution < -0.4 is 9.47 Å². The van der Waals surface area contributed by atoms with E-state index in [1.165, 1.54) is 6.92 Å². The Bertz CT molecular complexity index is 1040. The van der Waals surface area contributed by atoms with Crippen LogP contribution in [0.2, 0.25) is 5.02 Å². The first-order valence-electron chi connectivity index (χ1n) is 11.1. The molecule has 0 atom stereocenters. The number of carbonyl (C=O) groups excluding carboxylic acids is 1. The van der Waals surface area contributed by atoms with Gasteiger partial charge in [0.2, 0.25) is 0 Å². The Balaban J connectivity index is 2.00. The summed E-state index contributed by atoms with van der Waals surface area (Å²) in [6.45, 7) is 5.83. The predicted molar refractivity (Wildman–Crippen MR) is 129 cm³/mol. The van der Waals surface area contributed by atoms with Crippen molar-refractivity contribution < 1.29 is 34.1 Å². The Hall–Kier alpha value is -3.26. The second-order valence-electron chi connectivity index (χ2n) is 7.55. The van der Waals surface area contributed by atoms with Crippen molar-refractivity contribution in [1.82, 2.24) is 0 Å². The monoisotopic (exact) mass is 491 g/mol. The summed E-state index contributed by atoms with van der Waals surface area (Å²) in [7, 11) is 0. The zero-order valence-corrected chi connectivity index (χ0v) is 20.4. The maximum atomic E-state index is 11.1. The van der Waals surface area contributed by atoms with Gasteiger partial charge < -0.3 is 24.5 Å². The normalized spacial score (nSPS) is 11.2. The van der Waals surface area contributed by atoms with E-state index in [0.717, 1.165) is 6.42 Å². The van der Waals surface area contributed by atoms with Gasteiger partial charge in [0.1, 0.15) is 17.2 Å². The average Bonchev–Trinajstić information content (AvgIpc) is 2.78. The second-order valence-corrected chi connectivity index (χ2v) is 7.96. The van der Waals surface area contributed by atoms with Crippen LogP contribution in [-0.4, -0.2) is 41.1 Å². The van der Waals surface area contributed by atoms with Crippen molar-refractivity contribution in [2.45, 2.75) is 52.9 Å². The Kier molecular flexibility index (Phi) is 10.7. The highest BCUT2D eigenvalue weighted by Crippen LogP contribution is 2.34. The van der Waals surface area contributed by atoms with Gasteiger partial charge in [-0.05, 0) is 42.7 Å².